The first-order valence-electron chi connectivity index (χ1n) is 2.43. The largest absolute Gasteiger partial charge is 0.442 e. The van der Waals surface area contributed by atoms with Crippen molar-refractivity contribution < 1.29 is 22.7 Å². The zero-order valence-corrected chi connectivity index (χ0v) is 5.45. The fraction of sp³-hybridized carbons (Fsp3) is 0.800. The van der Waals surface area contributed by atoms with Crippen molar-refractivity contribution in [1.82, 2.24) is 0 Å². The average molecular weight is 155 g/mol. The Bertz CT molecular complexity index is 127. The van der Waals surface area contributed by atoms with Crippen molar-refractivity contribution in [3.63, 3.8) is 0 Å². The van der Waals surface area contributed by atoms with E-state index < -0.39 is 11.8 Å². The lowest BCUT2D eigenvalue weighted by Gasteiger charge is -2.24. The Balaban J connectivity index is 4.23. The maximum absolute atomic E-state index is 11.7. The van der Waals surface area contributed by atoms with E-state index >= 15 is 0 Å². The van der Waals surface area contributed by atoms with Crippen molar-refractivity contribution in [3.8, 4) is 0 Å². The van der Waals surface area contributed by atoms with E-state index in [1.54, 1.807) is 0 Å². The zero-order chi connectivity index (χ0) is 8.41. The number of hydrogen-bond donors (Lipinski definition) is 0. The van der Waals surface area contributed by atoms with E-state index in [0.717, 1.165) is 20.3 Å². The van der Waals surface area contributed by atoms with Gasteiger partial charge in [0.15, 0.2) is 0 Å². The van der Waals surface area contributed by atoms with Crippen LogP contribution in [0.1, 0.15) is 13.8 Å². The first-order chi connectivity index (χ1) is 4.31. The summed E-state index contributed by atoms with van der Waals surface area (Å²) in [6.07, 6.45) is -4.54. The van der Waals surface area contributed by atoms with Gasteiger partial charge in [-0.3, -0.25) is 0 Å². The van der Waals surface area contributed by atoms with Crippen molar-refractivity contribution in [2.45, 2.75) is 25.6 Å². The minimum Gasteiger partial charge on any atom is -0.442 e. The number of rotatable bonds is 2. The van der Waals surface area contributed by atoms with Crippen molar-refractivity contribution >= 4 is 6.47 Å². The van der Waals surface area contributed by atoms with Gasteiger partial charge in [-0.1, -0.05) is 0 Å². The predicted octanol–water partition coefficient (Wildman–Crippen LogP) is 1.41. The highest BCUT2D eigenvalue weighted by atomic mass is 19.4. The van der Waals surface area contributed by atoms with Crippen molar-refractivity contribution in [3.05, 3.63) is 0 Å². The summed E-state index contributed by atoms with van der Waals surface area (Å²) >= 11 is 0. The molecule has 0 atom stereocenters. The molecule has 0 amide bonds. The van der Waals surface area contributed by atoms with Crippen molar-refractivity contribution in [2.24, 2.45) is 0 Å². The molecule has 10 heavy (non-hydrogen) atoms. The summed E-state index contributed by atoms with van der Waals surface area (Å²) in [6, 6.07) is 0. The van der Waals surface area contributed by atoms with E-state index in [2.05, 4.69) is 4.74 Å². The summed E-state index contributed by atoms with van der Waals surface area (Å²) < 4.78 is 38.8. The highest BCUT2D eigenvalue weighted by molar-refractivity contribution is 5.39. The number of hydrogen-bond acceptors (Lipinski definition) is 2. The Labute approximate surface area is 56.0 Å². The summed E-state index contributed by atoms with van der Waals surface area (Å²) in [6.45, 7) is 2.24. The average Bonchev–Trinajstić information content (AvgIpc) is 1.61. The molecule has 0 rings (SSSR count). The SMILES string of the molecule is CC(C)(O[C]=O)C(F)(F)F. The molecular weight excluding hydrogens is 149 g/mol. The maximum Gasteiger partial charge on any atom is 0.427 e. The van der Waals surface area contributed by atoms with Gasteiger partial charge in [0.05, 0.1) is 0 Å². The van der Waals surface area contributed by atoms with Crippen LogP contribution in [0.2, 0.25) is 0 Å². The molecule has 0 aliphatic rings. The van der Waals surface area contributed by atoms with E-state index in [9.17, 15) is 18.0 Å². The van der Waals surface area contributed by atoms with Gasteiger partial charge in [0.1, 0.15) is 0 Å². The fourth-order valence-corrected chi connectivity index (χ4v) is 0.162. The van der Waals surface area contributed by atoms with Crippen LogP contribution in [0.3, 0.4) is 0 Å². The van der Waals surface area contributed by atoms with Gasteiger partial charge in [0.25, 0.3) is 0 Å². The molecule has 1 radical (unpaired) electrons. The molecule has 0 aromatic heterocycles. The molecule has 0 unspecified atom stereocenters. The molecule has 0 fully saturated rings. The lowest BCUT2D eigenvalue weighted by Crippen LogP contribution is -2.41. The van der Waals surface area contributed by atoms with Crippen LogP contribution in [0.25, 0.3) is 0 Å². The molecule has 0 aromatic rings. The zero-order valence-electron chi connectivity index (χ0n) is 5.45. The minimum atomic E-state index is -4.54. The van der Waals surface area contributed by atoms with E-state index in [4.69, 9.17) is 0 Å². The first-order valence-corrected chi connectivity index (χ1v) is 2.43. The van der Waals surface area contributed by atoms with E-state index in [0.29, 0.717) is 0 Å². The Morgan fingerprint density at radius 3 is 1.80 bits per heavy atom. The third-order valence-corrected chi connectivity index (χ3v) is 0.979. The Morgan fingerprint density at radius 2 is 1.70 bits per heavy atom. The standard InChI is InChI=1S/C5H6F3O2/c1-4(2,10-3-9)5(6,7)8/h1-2H3. The monoisotopic (exact) mass is 155 g/mol. The number of halogens is 3. The molecule has 0 spiro atoms. The summed E-state index contributed by atoms with van der Waals surface area (Å²) in [4.78, 5) is 9.42. The smallest absolute Gasteiger partial charge is 0.427 e. The van der Waals surface area contributed by atoms with Crippen LogP contribution in [0, 0.1) is 0 Å². The molecule has 59 valence electrons. The molecule has 0 N–H and O–H groups in total. The van der Waals surface area contributed by atoms with Gasteiger partial charge >= 0.3 is 12.6 Å². The highest BCUT2D eigenvalue weighted by Gasteiger charge is 2.49. The summed E-state index contributed by atoms with van der Waals surface area (Å²) in [5.41, 5.74) is -2.44. The second kappa shape index (κ2) is 2.48. The Hall–Kier alpha value is -0.740. The fourth-order valence-electron chi connectivity index (χ4n) is 0.162. The summed E-state index contributed by atoms with van der Waals surface area (Å²) in [5.74, 6) is 0. The predicted molar refractivity (Wildman–Crippen MR) is 26.9 cm³/mol. The van der Waals surface area contributed by atoms with Crippen LogP contribution in [0.15, 0.2) is 0 Å². The van der Waals surface area contributed by atoms with E-state index in [-0.39, 0.29) is 0 Å². The van der Waals surface area contributed by atoms with Gasteiger partial charge in [-0.2, -0.15) is 13.2 Å². The molecule has 0 aromatic carbocycles. The normalized spacial score (nSPS) is 12.9. The number of ether oxygens (including phenoxy) is 1. The molecule has 0 aliphatic carbocycles. The van der Waals surface area contributed by atoms with E-state index in [1.807, 2.05) is 0 Å². The maximum atomic E-state index is 11.7. The first kappa shape index (κ1) is 9.26. The van der Waals surface area contributed by atoms with Crippen LogP contribution >= 0.6 is 0 Å². The van der Waals surface area contributed by atoms with Crippen LogP contribution in [-0.4, -0.2) is 18.2 Å². The van der Waals surface area contributed by atoms with Gasteiger partial charge < -0.3 is 4.74 Å². The topological polar surface area (TPSA) is 26.3 Å². The van der Waals surface area contributed by atoms with Crippen LogP contribution in [0.5, 0.6) is 0 Å². The lowest BCUT2D eigenvalue weighted by atomic mass is 10.1. The van der Waals surface area contributed by atoms with Gasteiger partial charge in [0.2, 0.25) is 5.60 Å². The van der Waals surface area contributed by atoms with Crippen LogP contribution in [-0.2, 0) is 9.53 Å². The molecule has 0 heterocycles. The molecule has 0 aliphatic heterocycles. The molecular formula is C5H6F3O2. The molecule has 0 saturated carbocycles. The Morgan fingerprint density at radius 1 is 1.30 bits per heavy atom. The molecule has 5 heteroatoms. The summed E-state index contributed by atoms with van der Waals surface area (Å²) in [7, 11) is 0. The van der Waals surface area contributed by atoms with Gasteiger partial charge in [0, 0.05) is 0 Å². The lowest BCUT2D eigenvalue weighted by molar-refractivity contribution is -0.239. The van der Waals surface area contributed by atoms with Gasteiger partial charge in [-0.05, 0) is 13.8 Å². The van der Waals surface area contributed by atoms with Crippen molar-refractivity contribution in [1.29, 1.82) is 0 Å². The van der Waals surface area contributed by atoms with Crippen LogP contribution in [0.4, 0.5) is 13.2 Å². The second-order valence-electron chi connectivity index (χ2n) is 2.19. The third-order valence-electron chi connectivity index (χ3n) is 0.979. The van der Waals surface area contributed by atoms with E-state index in [1.165, 1.54) is 0 Å². The minimum absolute atomic E-state index is 0.745. The Kier molecular flexibility index (Phi) is 2.29. The quantitative estimate of drug-likeness (QED) is 0.602. The van der Waals surface area contributed by atoms with Gasteiger partial charge in [-0.15, -0.1) is 0 Å². The number of carbonyl (C=O) groups excluding carboxylic acids is 1. The van der Waals surface area contributed by atoms with Crippen LogP contribution < -0.4 is 0 Å². The number of alkyl halides is 3. The van der Waals surface area contributed by atoms with Gasteiger partial charge in [-0.25, -0.2) is 4.79 Å². The van der Waals surface area contributed by atoms with Crippen molar-refractivity contribution in [2.75, 3.05) is 0 Å². The molecule has 0 saturated heterocycles. The highest BCUT2D eigenvalue weighted by Crippen LogP contribution is 2.31. The summed E-state index contributed by atoms with van der Waals surface area (Å²) in [5, 5.41) is 0. The third kappa shape index (κ3) is 1.89. The second-order valence-corrected chi connectivity index (χ2v) is 2.19. The molecule has 0 bridgehead atoms. The molecule has 2 nitrogen and oxygen atoms in total.